The molecule has 18 heavy (non-hydrogen) atoms. The molecule has 0 aromatic carbocycles. The number of nitrogens with one attached hydrogen (secondary N) is 1. The molecule has 1 unspecified atom stereocenters. The number of hydrogen-bond donors (Lipinski definition) is 2. The highest BCUT2D eigenvalue weighted by Crippen LogP contribution is 2.26. The van der Waals surface area contributed by atoms with Crippen molar-refractivity contribution >= 4 is 5.91 Å². The van der Waals surface area contributed by atoms with Gasteiger partial charge in [0.05, 0.1) is 6.10 Å². The van der Waals surface area contributed by atoms with Gasteiger partial charge in [0.25, 0.3) is 0 Å². The standard InChI is InChI=1S/C15H31NO2/c1-11(2)8-15(6,7)13(18)16-10-14(4,5)9-12(3)17/h11-12,17H,8-10H2,1-7H3,(H,16,18). The first-order valence-corrected chi connectivity index (χ1v) is 6.93. The van der Waals surface area contributed by atoms with E-state index in [1.807, 2.05) is 13.8 Å². The van der Waals surface area contributed by atoms with Crippen LogP contribution in [0, 0.1) is 16.7 Å². The van der Waals surface area contributed by atoms with Crippen molar-refractivity contribution in [2.75, 3.05) is 6.54 Å². The van der Waals surface area contributed by atoms with E-state index in [2.05, 4.69) is 33.0 Å². The Bertz CT molecular complexity index is 268. The predicted molar refractivity (Wildman–Crippen MR) is 76.3 cm³/mol. The van der Waals surface area contributed by atoms with E-state index in [4.69, 9.17) is 0 Å². The molecular weight excluding hydrogens is 226 g/mol. The van der Waals surface area contributed by atoms with E-state index in [1.54, 1.807) is 6.92 Å². The molecule has 0 aliphatic carbocycles. The van der Waals surface area contributed by atoms with Crippen LogP contribution in [0.25, 0.3) is 0 Å². The lowest BCUT2D eigenvalue weighted by molar-refractivity contribution is -0.130. The summed E-state index contributed by atoms with van der Waals surface area (Å²) in [6, 6.07) is 0. The Labute approximate surface area is 112 Å². The molecule has 0 radical (unpaired) electrons. The highest BCUT2D eigenvalue weighted by Gasteiger charge is 2.30. The SMILES string of the molecule is CC(C)CC(C)(C)C(=O)NCC(C)(C)CC(C)O. The first-order chi connectivity index (χ1) is 7.96. The van der Waals surface area contributed by atoms with E-state index >= 15 is 0 Å². The third kappa shape index (κ3) is 7.00. The molecule has 0 bridgehead atoms. The van der Waals surface area contributed by atoms with Gasteiger partial charge in [-0.05, 0) is 31.1 Å². The molecule has 2 N–H and O–H groups in total. The van der Waals surface area contributed by atoms with E-state index in [1.165, 1.54) is 0 Å². The molecule has 108 valence electrons. The minimum atomic E-state index is -0.333. The second kappa shape index (κ2) is 6.55. The normalized spacial score (nSPS) is 14.7. The molecule has 0 aliphatic heterocycles. The summed E-state index contributed by atoms with van der Waals surface area (Å²) in [5.41, 5.74) is -0.396. The van der Waals surface area contributed by atoms with Crippen molar-refractivity contribution in [1.29, 1.82) is 0 Å². The van der Waals surface area contributed by atoms with Gasteiger partial charge in [-0.25, -0.2) is 0 Å². The molecular formula is C15H31NO2. The number of rotatable bonds is 7. The second-order valence-corrected chi connectivity index (χ2v) is 7.38. The number of carbonyl (C=O) groups is 1. The molecule has 0 aromatic heterocycles. The maximum absolute atomic E-state index is 12.2. The first-order valence-electron chi connectivity index (χ1n) is 6.93. The fourth-order valence-corrected chi connectivity index (χ4v) is 2.54. The number of amides is 1. The van der Waals surface area contributed by atoms with Crippen molar-refractivity contribution < 1.29 is 9.90 Å². The van der Waals surface area contributed by atoms with Crippen molar-refractivity contribution in [3.05, 3.63) is 0 Å². The van der Waals surface area contributed by atoms with E-state index in [0.717, 1.165) is 6.42 Å². The Kier molecular flexibility index (Phi) is 6.35. The van der Waals surface area contributed by atoms with Gasteiger partial charge in [-0.1, -0.05) is 41.5 Å². The van der Waals surface area contributed by atoms with Crippen LogP contribution in [-0.2, 0) is 4.79 Å². The molecule has 3 nitrogen and oxygen atoms in total. The minimum absolute atomic E-state index is 0.0717. The van der Waals surface area contributed by atoms with Crippen molar-refractivity contribution in [2.24, 2.45) is 16.7 Å². The second-order valence-electron chi connectivity index (χ2n) is 7.38. The highest BCUT2D eigenvalue weighted by molar-refractivity contribution is 5.81. The van der Waals surface area contributed by atoms with Crippen LogP contribution >= 0.6 is 0 Å². The number of carbonyl (C=O) groups excluding carboxylic acids is 1. The molecule has 3 heteroatoms. The Morgan fingerprint density at radius 3 is 2.00 bits per heavy atom. The zero-order valence-corrected chi connectivity index (χ0v) is 13.1. The molecule has 1 atom stereocenters. The maximum atomic E-state index is 12.2. The highest BCUT2D eigenvalue weighted by atomic mass is 16.3. The van der Waals surface area contributed by atoms with E-state index in [0.29, 0.717) is 18.9 Å². The van der Waals surface area contributed by atoms with E-state index in [9.17, 15) is 9.90 Å². The molecule has 0 saturated carbocycles. The molecule has 0 fully saturated rings. The summed E-state index contributed by atoms with van der Waals surface area (Å²) in [6.07, 6.45) is 1.24. The van der Waals surface area contributed by atoms with Crippen molar-refractivity contribution in [3.8, 4) is 0 Å². The Morgan fingerprint density at radius 2 is 1.61 bits per heavy atom. The van der Waals surface area contributed by atoms with Gasteiger partial charge in [-0.15, -0.1) is 0 Å². The van der Waals surface area contributed by atoms with Gasteiger partial charge in [-0.3, -0.25) is 4.79 Å². The smallest absolute Gasteiger partial charge is 0.225 e. The molecule has 0 rings (SSSR count). The molecule has 0 aromatic rings. The van der Waals surface area contributed by atoms with Gasteiger partial charge in [0, 0.05) is 12.0 Å². The number of aliphatic hydroxyl groups is 1. The maximum Gasteiger partial charge on any atom is 0.225 e. The zero-order chi connectivity index (χ0) is 14.6. The van der Waals surface area contributed by atoms with E-state index < -0.39 is 0 Å². The molecule has 1 amide bonds. The quantitative estimate of drug-likeness (QED) is 0.736. The molecule has 0 spiro atoms. The zero-order valence-electron chi connectivity index (χ0n) is 13.1. The first kappa shape index (κ1) is 17.4. The number of aliphatic hydroxyl groups excluding tert-OH is 1. The van der Waals surface area contributed by atoms with Crippen LogP contribution in [0.2, 0.25) is 0 Å². The monoisotopic (exact) mass is 257 g/mol. The Balaban J connectivity index is 4.33. The topological polar surface area (TPSA) is 49.3 Å². The van der Waals surface area contributed by atoms with Crippen molar-refractivity contribution in [1.82, 2.24) is 5.32 Å². The molecule has 0 heterocycles. The Hall–Kier alpha value is -0.570. The third-order valence-electron chi connectivity index (χ3n) is 3.11. The largest absolute Gasteiger partial charge is 0.393 e. The number of hydrogen-bond acceptors (Lipinski definition) is 2. The summed E-state index contributed by atoms with van der Waals surface area (Å²) < 4.78 is 0. The van der Waals surface area contributed by atoms with Gasteiger partial charge >= 0.3 is 0 Å². The van der Waals surface area contributed by atoms with Gasteiger partial charge in [0.1, 0.15) is 0 Å². The van der Waals surface area contributed by atoms with Crippen molar-refractivity contribution in [3.63, 3.8) is 0 Å². The van der Waals surface area contributed by atoms with Gasteiger partial charge in [-0.2, -0.15) is 0 Å². The fourth-order valence-electron chi connectivity index (χ4n) is 2.54. The molecule has 0 saturated heterocycles. The van der Waals surface area contributed by atoms with Crippen LogP contribution in [0.3, 0.4) is 0 Å². The van der Waals surface area contributed by atoms with Crippen LogP contribution in [0.15, 0.2) is 0 Å². The van der Waals surface area contributed by atoms with Crippen LogP contribution in [-0.4, -0.2) is 23.7 Å². The van der Waals surface area contributed by atoms with Gasteiger partial charge in [0.15, 0.2) is 0 Å². The lowest BCUT2D eigenvalue weighted by Crippen LogP contribution is -2.42. The van der Waals surface area contributed by atoms with Gasteiger partial charge in [0.2, 0.25) is 5.91 Å². The fraction of sp³-hybridized carbons (Fsp3) is 0.933. The van der Waals surface area contributed by atoms with Crippen LogP contribution in [0.1, 0.15) is 61.3 Å². The summed E-state index contributed by atoms with van der Waals surface area (Å²) in [5, 5.41) is 12.4. The summed E-state index contributed by atoms with van der Waals surface area (Å²) >= 11 is 0. The minimum Gasteiger partial charge on any atom is -0.393 e. The van der Waals surface area contributed by atoms with Gasteiger partial charge < -0.3 is 10.4 Å². The lowest BCUT2D eigenvalue weighted by Gasteiger charge is -2.30. The summed E-state index contributed by atoms with van der Waals surface area (Å²) in [7, 11) is 0. The Morgan fingerprint density at radius 1 is 1.11 bits per heavy atom. The molecule has 0 aliphatic rings. The van der Waals surface area contributed by atoms with Crippen LogP contribution < -0.4 is 5.32 Å². The lowest BCUT2D eigenvalue weighted by atomic mass is 9.82. The van der Waals surface area contributed by atoms with Crippen LogP contribution in [0.5, 0.6) is 0 Å². The summed E-state index contributed by atoms with van der Waals surface area (Å²) in [4.78, 5) is 12.2. The average Bonchev–Trinajstić information content (AvgIpc) is 2.09. The predicted octanol–water partition coefficient (Wildman–Crippen LogP) is 2.97. The third-order valence-corrected chi connectivity index (χ3v) is 3.11. The van der Waals surface area contributed by atoms with Crippen molar-refractivity contribution in [2.45, 2.75) is 67.4 Å². The van der Waals surface area contributed by atoms with E-state index in [-0.39, 0.29) is 22.8 Å². The summed E-state index contributed by atoms with van der Waals surface area (Å²) in [6.45, 7) is 14.8. The summed E-state index contributed by atoms with van der Waals surface area (Å²) in [5.74, 6) is 0.617. The van der Waals surface area contributed by atoms with Crippen LogP contribution in [0.4, 0.5) is 0 Å². The average molecular weight is 257 g/mol.